The van der Waals surface area contributed by atoms with Crippen molar-refractivity contribution in [1.82, 2.24) is 45.7 Å². The molecular weight excluding hydrogens is 1030 g/mol. The Labute approximate surface area is 455 Å². The van der Waals surface area contributed by atoms with Crippen LogP contribution >= 0.6 is 11.3 Å². The molecule has 7 heterocycles. The van der Waals surface area contributed by atoms with Crippen molar-refractivity contribution < 1.29 is 47.2 Å². The SMILES string of the molecule is Cc1ncsc1-c1ccc([C@H](C)NC(=O)[C@@H]2C[C@@H](O)CN2C(=O)[C@@H](NC(=O)CCOCCCN2CCC[C@H]2COc2nc(N3CC4CCC(C3)N4)c3cnc(-c4cc(O)cc5ccc(F)c(F)c45)c(F)c3n2)C(C)(C)C)cc1. The van der Waals surface area contributed by atoms with Gasteiger partial charge in [-0.1, -0.05) is 51.1 Å². The third-order valence-corrected chi connectivity index (χ3v) is 16.6. The minimum absolute atomic E-state index is 0.00259. The second kappa shape index (κ2) is 23.1. The molecule has 414 valence electrons. The van der Waals surface area contributed by atoms with Gasteiger partial charge in [-0.2, -0.15) is 9.97 Å². The zero-order chi connectivity index (χ0) is 55.0. The highest BCUT2D eigenvalue weighted by Crippen LogP contribution is 2.40. The number of nitrogens with zero attached hydrogens (tertiary/aromatic N) is 7. The Morgan fingerprint density at radius 2 is 1.72 bits per heavy atom. The highest BCUT2D eigenvalue weighted by molar-refractivity contribution is 7.13. The van der Waals surface area contributed by atoms with Crippen molar-refractivity contribution in [2.45, 2.75) is 122 Å². The number of β-amino-alcohol motifs (C(OH)–C–C–N with tert-alkyl or cyclic N) is 1. The van der Waals surface area contributed by atoms with Crippen molar-refractivity contribution in [3.8, 4) is 33.5 Å². The highest BCUT2D eigenvalue weighted by Gasteiger charge is 2.45. The molecule has 6 aromatic rings. The zero-order valence-corrected chi connectivity index (χ0v) is 45.3. The van der Waals surface area contributed by atoms with Gasteiger partial charge >= 0.3 is 6.01 Å². The lowest BCUT2D eigenvalue weighted by molar-refractivity contribution is -0.144. The first-order valence-corrected chi connectivity index (χ1v) is 27.8. The first-order chi connectivity index (χ1) is 37.4. The fraction of sp³-hybridized carbons (Fsp3) is 0.491. The normalized spacial score (nSPS) is 21.4. The number of thiazole rings is 1. The summed E-state index contributed by atoms with van der Waals surface area (Å²) in [7, 11) is 0. The molecule has 0 radical (unpaired) electrons. The largest absolute Gasteiger partial charge is 0.508 e. The number of carbonyl (C=O) groups excluding carboxylic acids is 3. The van der Waals surface area contributed by atoms with E-state index in [9.17, 15) is 29.0 Å². The van der Waals surface area contributed by atoms with Gasteiger partial charge in [-0.25, -0.2) is 18.2 Å². The topological polar surface area (TPSA) is 208 Å². The molecule has 0 saturated carbocycles. The van der Waals surface area contributed by atoms with Crippen LogP contribution in [0.15, 0.2) is 60.2 Å². The Balaban J connectivity index is 0.729. The number of fused-ring (bicyclic) bond motifs is 4. The van der Waals surface area contributed by atoms with Crippen LogP contribution in [0.2, 0.25) is 0 Å². The van der Waals surface area contributed by atoms with Crippen LogP contribution < -0.4 is 25.6 Å². The molecule has 5 N–H and O–H groups in total. The number of aromatic hydroxyl groups is 1. The highest BCUT2D eigenvalue weighted by atomic mass is 32.1. The minimum atomic E-state index is -1.19. The van der Waals surface area contributed by atoms with Crippen molar-refractivity contribution in [1.29, 1.82) is 0 Å². The smallest absolute Gasteiger partial charge is 0.319 e. The molecule has 0 aliphatic carbocycles. The lowest BCUT2D eigenvalue weighted by Gasteiger charge is -2.35. The van der Waals surface area contributed by atoms with E-state index in [0.717, 1.165) is 66.1 Å². The van der Waals surface area contributed by atoms with Crippen LogP contribution in [0.3, 0.4) is 0 Å². The van der Waals surface area contributed by atoms with Crippen molar-refractivity contribution >= 4 is 56.6 Å². The fourth-order valence-electron chi connectivity index (χ4n) is 11.5. The summed E-state index contributed by atoms with van der Waals surface area (Å²) < 4.78 is 59.1. The number of carbonyl (C=O) groups is 3. The van der Waals surface area contributed by atoms with Gasteiger partial charge in [0.1, 0.15) is 41.5 Å². The fourth-order valence-corrected chi connectivity index (χ4v) is 12.3. The number of aliphatic hydroxyl groups is 1. The number of benzene rings is 3. The number of aromatic nitrogens is 4. The summed E-state index contributed by atoms with van der Waals surface area (Å²) in [6.07, 6.45) is 5.05. The minimum Gasteiger partial charge on any atom is -0.508 e. The maximum atomic E-state index is 17.0. The van der Waals surface area contributed by atoms with E-state index in [4.69, 9.17) is 14.5 Å². The summed E-state index contributed by atoms with van der Waals surface area (Å²) in [5.74, 6) is -4.20. The third-order valence-electron chi connectivity index (χ3n) is 15.6. The maximum absolute atomic E-state index is 17.0. The van der Waals surface area contributed by atoms with Crippen LogP contribution in [-0.4, -0.2) is 147 Å². The molecule has 3 aromatic carbocycles. The number of aliphatic hydroxyl groups excluding tert-OH is 1. The van der Waals surface area contributed by atoms with E-state index in [1.807, 2.05) is 64.4 Å². The molecule has 7 atom stereocenters. The Morgan fingerprint density at radius 1 is 0.949 bits per heavy atom. The monoisotopic (exact) mass is 1090 g/mol. The van der Waals surface area contributed by atoms with Crippen LogP contribution in [0, 0.1) is 29.8 Å². The number of pyridine rings is 1. The summed E-state index contributed by atoms with van der Waals surface area (Å²) >= 11 is 1.57. The molecule has 4 aliphatic heterocycles. The number of phenolic OH excluding ortho intramolecular Hbond substituents is 1. The summed E-state index contributed by atoms with van der Waals surface area (Å²) in [5, 5.41) is 31.1. The van der Waals surface area contributed by atoms with Gasteiger partial charge in [-0.3, -0.25) is 24.3 Å². The zero-order valence-electron chi connectivity index (χ0n) is 44.5. The van der Waals surface area contributed by atoms with Gasteiger partial charge in [0, 0.05) is 80.9 Å². The number of amides is 3. The number of nitrogens with one attached hydrogen (secondary N) is 3. The average Bonchev–Trinajstić information content (AvgIpc) is 4.29. The number of anilines is 1. The number of piperazine rings is 1. The second-order valence-electron chi connectivity index (χ2n) is 22.2. The van der Waals surface area contributed by atoms with Gasteiger partial charge in [0.2, 0.25) is 17.7 Å². The van der Waals surface area contributed by atoms with E-state index < -0.39 is 47.0 Å². The maximum Gasteiger partial charge on any atom is 0.319 e. The van der Waals surface area contributed by atoms with Gasteiger partial charge in [-0.15, -0.1) is 11.3 Å². The molecule has 4 saturated heterocycles. The second-order valence-corrected chi connectivity index (χ2v) is 23.1. The molecule has 17 nitrogen and oxygen atoms in total. The Kier molecular flexibility index (Phi) is 16.2. The van der Waals surface area contributed by atoms with E-state index in [1.165, 1.54) is 23.2 Å². The van der Waals surface area contributed by atoms with Crippen LogP contribution in [0.1, 0.15) is 89.9 Å². The molecule has 0 spiro atoms. The van der Waals surface area contributed by atoms with Gasteiger partial charge in [-0.05, 0) is 92.6 Å². The quantitative estimate of drug-likeness (QED) is 0.0534. The Bertz CT molecular complexity index is 3190. The molecular formula is C57H67F3N10O7S. The van der Waals surface area contributed by atoms with Crippen molar-refractivity contribution in [3.63, 3.8) is 0 Å². The number of ether oxygens (including phenoxy) is 2. The number of phenols is 1. The Morgan fingerprint density at radius 3 is 2.45 bits per heavy atom. The summed E-state index contributed by atoms with van der Waals surface area (Å²) in [6.45, 7) is 12.8. The van der Waals surface area contributed by atoms with E-state index in [0.29, 0.717) is 43.9 Å². The van der Waals surface area contributed by atoms with Crippen LogP contribution in [0.25, 0.3) is 43.4 Å². The van der Waals surface area contributed by atoms with E-state index >= 15 is 8.78 Å². The van der Waals surface area contributed by atoms with Crippen LogP contribution in [0.5, 0.6) is 11.8 Å². The van der Waals surface area contributed by atoms with Crippen LogP contribution in [-0.2, 0) is 19.1 Å². The number of halogens is 3. The number of hydrogen-bond donors (Lipinski definition) is 5. The van der Waals surface area contributed by atoms with Crippen molar-refractivity contribution in [3.05, 3.63) is 88.9 Å². The van der Waals surface area contributed by atoms with Gasteiger partial charge in [0.25, 0.3) is 0 Å². The molecule has 2 bridgehead atoms. The van der Waals surface area contributed by atoms with Gasteiger partial charge in [0.15, 0.2) is 17.5 Å². The van der Waals surface area contributed by atoms with Gasteiger partial charge in [0.05, 0.1) is 40.2 Å². The van der Waals surface area contributed by atoms with E-state index in [-0.39, 0.29) is 108 Å². The molecule has 10 rings (SSSR count). The molecule has 3 amide bonds. The predicted octanol–water partition coefficient (Wildman–Crippen LogP) is 7.35. The van der Waals surface area contributed by atoms with Crippen molar-refractivity contribution in [2.24, 2.45) is 5.41 Å². The average molecular weight is 1090 g/mol. The molecule has 3 aromatic heterocycles. The molecule has 78 heavy (non-hydrogen) atoms. The third kappa shape index (κ3) is 11.8. The molecule has 4 fully saturated rings. The molecule has 2 unspecified atom stereocenters. The standard InChI is InChI=1S/C57H67F3N10O7S/c1-31(33-9-11-34(12-10-33)51-32(2)62-30-78-51)63-54(74)44-24-40(72)28-70(44)55(75)52(57(3,4)5)65-45(73)17-21-76-20-7-19-68-18-6-8-38(68)29-77-56-66-50-42(53(67-56)69-26-36-14-15-37(27-69)64-36)25-61-49(48(50)60)41-23-39(71)22-35-13-16-43(58)47(59)46(35)41/h9-13,16,22-23,25,30-31,36-38,40,44,52,64,71-72H,6-8,14-15,17-21,24,26-29H2,1-5H3,(H,63,74)(H,65,73)/t31-,36?,37?,38-,40+,44-,52+/m0/s1. The predicted molar refractivity (Wildman–Crippen MR) is 290 cm³/mol. The first-order valence-electron chi connectivity index (χ1n) is 26.9. The lowest BCUT2D eigenvalue weighted by atomic mass is 9.85. The molecule has 4 aliphatic rings. The van der Waals surface area contributed by atoms with E-state index in [1.54, 1.807) is 11.3 Å². The van der Waals surface area contributed by atoms with Crippen molar-refractivity contribution in [2.75, 3.05) is 57.4 Å². The summed E-state index contributed by atoms with van der Waals surface area (Å²) in [6, 6.07) is 10.8. The number of aryl methyl sites for hydroxylation is 1. The number of likely N-dealkylation sites (tertiary alicyclic amines) is 2. The van der Waals surface area contributed by atoms with Gasteiger partial charge < -0.3 is 45.4 Å². The number of hydrogen-bond acceptors (Lipinski definition) is 15. The van der Waals surface area contributed by atoms with Crippen LogP contribution in [0.4, 0.5) is 19.0 Å². The summed E-state index contributed by atoms with van der Waals surface area (Å²) in [4.78, 5) is 66.4. The number of rotatable bonds is 18. The van der Waals surface area contributed by atoms with E-state index in [2.05, 4.69) is 40.7 Å². The lowest BCUT2D eigenvalue weighted by Crippen LogP contribution is -2.58. The molecule has 21 heteroatoms. The Hall–Kier alpha value is -6.52. The first kappa shape index (κ1) is 54.8. The summed E-state index contributed by atoms with van der Waals surface area (Å²) in [5.41, 5.74) is 3.44.